The Hall–Kier alpha value is -1.09. The summed E-state index contributed by atoms with van der Waals surface area (Å²) in [4.78, 5) is 7.76. The van der Waals surface area contributed by atoms with Gasteiger partial charge in [-0.2, -0.15) is 0 Å². The molecule has 2 saturated carbocycles. The summed E-state index contributed by atoms with van der Waals surface area (Å²) in [5.41, 5.74) is 1.18. The molecule has 0 bridgehead atoms. The van der Waals surface area contributed by atoms with E-state index in [0.717, 1.165) is 12.1 Å². The van der Waals surface area contributed by atoms with Gasteiger partial charge in [-0.3, -0.25) is 0 Å². The van der Waals surface area contributed by atoms with Crippen LogP contribution in [0.4, 0.5) is 5.13 Å². The first-order valence-corrected chi connectivity index (χ1v) is 10.9. The Morgan fingerprint density at radius 3 is 1.92 bits per heavy atom. The van der Waals surface area contributed by atoms with E-state index in [2.05, 4.69) is 29.2 Å². The standard InChI is InChI=1S/C19H26N2S.C2H6/c1-3-9-15(10-4-1)21(16-11-5-2-6-12-16)19-20-17-13-7-8-14-18(17)22-19;1-2/h7-8,13-16H,1-6,9-12H2;1-2H3. The van der Waals surface area contributed by atoms with E-state index < -0.39 is 0 Å². The van der Waals surface area contributed by atoms with Crippen molar-refractivity contribution in [3.8, 4) is 0 Å². The molecule has 3 heteroatoms. The number of fused-ring (bicyclic) bond motifs is 1. The van der Waals surface area contributed by atoms with Gasteiger partial charge in [0.25, 0.3) is 0 Å². The van der Waals surface area contributed by atoms with E-state index in [4.69, 9.17) is 4.98 Å². The Labute approximate surface area is 151 Å². The summed E-state index contributed by atoms with van der Waals surface area (Å²) < 4.78 is 1.34. The SMILES string of the molecule is CC.c1ccc2sc(N(C3CCCCC3)C3CCCCC3)nc2c1. The molecule has 24 heavy (non-hydrogen) atoms. The number of hydrogen-bond donors (Lipinski definition) is 0. The summed E-state index contributed by atoms with van der Waals surface area (Å²) in [6, 6.07) is 10.1. The molecule has 0 amide bonds. The van der Waals surface area contributed by atoms with E-state index in [1.807, 2.05) is 25.2 Å². The average Bonchev–Trinajstić information content (AvgIpc) is 3.09. The van der Waals surface area contributed by atoms with E-state index in [-0.39, 0.29) is 0 Å². The van der Waals surface area contributed by atoms with Crippen LogP contribution in [0.1, 0.15) is 78.1 Å². The lowest BCUT2D eigenvalue weighted by Crippen LogP contribution is -2.45. The highest BCUT2D eigenvalue weighted by molar-refractivity contribution is 7.22. The molecule has 1 aromatic carbocycles. The van der Waals surface area contributed by atoms with Crippen LogP contribution in [0.15, 0.2) is 24.3 Å². The van der Waals surface area contributed by atoms with Crippen molar-refractivity contribution in [2.24, 2.45) is 0 Å². The summed E-state index contributed by atoms with van der Waals surface area (Å²) in [5.74, 6) is 0. The van der Waals surface area contributed by atoms with E-state index in [1.54, 1.807) is 0 Å². The van der Waals surface area contributed by atoms with Gasteiger partial charge >= 0.3 is 0 Å². The highest BCUT2D eigenvalue weighted by Gasteiger charge is 2.30. The molecule has 2 nitrogen and oxygen atoms in total. The minimum Gasteiger partial charge on any atom is -0.342 e. The normalized spacial score (nSPS) is 19.8. The summed E-state index contributed by atoms with van der Waals surface area (Å²) in [6.45, 7) is 4.00. The van der Waals surface area contributed by atoms with Crippen LogP contribution in [-0.4, -0.2) is 17.1 Å². The van der Waals surface area contributed by atoms with Crippen LogP contribution in [0.5, 0.6) is 0 Å². The second kappa shape index (κ2) is 8.84. The van der Waals surface area contributed by atoms with Crippen molar-refractivity contribution in [1.82, 2.24) is 4.98 Å². The third-order valence-electron chi connectivity index (χ3n) is 5.44. The third kappa shape index (κ3) is 3.93. The predicted molar refractivity (Wildman–Crippen MR) is 107 cm³/mol. The number of benzene rings is 1. The number of aromatic nitrogens is 1. The minimum atomic E-state index is 0.734. The number of rotatable bonds is 3. The Balaban J connectivity index is 0.000000815. The van der Waals surface area contributed by atoms with Crippen LogP contribution in [0.2, 0.25) is 0 Å². The quantitative estimate of drug-likeness (QED) is 0.609. The highest BCUT2D eigenvalue weighted by atomic mass is 32.1. The number of anilines is 1. The van der Waals surface area contributed by atoms with Crippen molar-refractivity contribution < 1.29 is 0 Å². The Morgan fingerprint density at radius 1 is 0.833 bits per heavy atom. The molecule has 0 unspecified atom stereocenters. The second-order valence-corrected chi connectivity index (χ2v) is 7.96. The van der Waals surface area contributed by atoms with Crippen molar-refractivity contribution in [3.05, 3.63) is 24.3 Å². The van der Waals surface area contributed by atoms with Crippen LogP contribution in [0, 0.1) is 0 Å². The lowest BCUT2D eigenvalue weighted by atomic mass is 9.89. The molecule has 2 aromatic rings. The summed E-state index contributed by atoms with van der Waals surface area (Å²) in [6.07, 6.45) is 13.9. The minimum absolute atomic E-state index is 0.734. The number of nitrogens with zero attached hydrogens (tertiary/aromatic N) is 2. The molecule has 0 aliphatic heterocycles. The predicted octanol–water partition coefficient (Wildman–Crippen LogP) is 6.79. The lowest BCUT2D eigenvalue weighted by molar-refractivity contribution is 0.339. The van der Waals surface area contributed by atoms with Gasteiger partial charge in [-0.25, -0.2) is 4.98 Å². The fourth-order valence-electron chi connectivity index (χ4n) is 4.30. The van der Waals surface area contributed by atoms with Gasteiger partial charge in [-0.1, -0.05) is 75.8 Å². The molecule has 2 aliphatic rings. The monoisotopic (exact) mass is 344 g/mol. The Morgan fingerprint density at radius 2 is 1.38 bits per heavy atom. The van der Waals surface area contributed by atoms with Crippen molar-refractivity contribution in [1.29, 1.82) is 0 Å². The van der Waals surface area contributed by atoms with Crippen LogP contribution in [-0.2, 0) is 0 Å². The smallest absolute Gasteiger partial charge is 0.186 e. The molecule has 1 aromatic heterocycles. The van der Waals surface area contributed by atoms with Gasteiger partial charge in [-0.15, -0.1) is 0 Å². The maximum atomic E-state index is 5.01. The first-order valence-electron chi connectivity index (χ1n) is 10.1. The summed E-state index contributed by atoms with van der Waals surface area (Å²) in [7, 11) is 0. The molecule has 4 rings (SSSR count). The van der Waals surface area contributed by atoms with Crippen molar-refractivity contribution in [2.75, 3.05) is 4.90 Å². The van der Waals surface area contributed by atoms with E-state index in [9.17, 15) is 0 Å². The molecular formula is C21H32N2S. The zero-order valence-corrected chi connectivity index (χ0v) is 16.2. The zero-order valence-electron chi connectivity index (χ0n) is 15.3. The largest absolute Gasteiger partial charge is 0.342 e. The topological polar surface area (TPSA) is 16.1 Å². The van der Waals surface area contributed by atoms with Gasteiger partial charge < -0.3 is 4.90 Å². The molecule has 0 radical (unpaired) electrons. The highest BCUT2D eigenvalue weighted by Crippen LogP contribution is 2.38. The fraction of sp³-hybridized carbons (Fsp3) is 0.667. The molecule has 0 spiro atoms. The van der Waals surface area contributed by atoms with E-state index in [0.29, 0.717) is 0 Å². The molecule has 132 valence electrons. The average molecular weight is 345 g/mol. The van der Waals surface area contributed by atoms with Gasteiger partial charge in [0.1, 0.15) is 0 Å². The second-order valence-electron chi connectivity index (χ2n) is 6.96. The van der Waals surface area contributed by atoms with E-state index in [1.165, 1.54) is 79.6 Å². The number of hydrogen-bond acceptors (Lipinski definition) is 3. The van der Waals surface area contributed by atoms with Crippen LogP contribution in [0.3, 0.4) is 0 Å². The van der Waals surface area contributed by atoms with Crippen LogP contribution >= 0.6 is 11.3 Å². The fourth-order valence-corrected chi connectivity index (χ4v) is 5.41. The molecule has 0 atom stereocenters. The van der Waals surface area contributed by atoms with Gasteiger partial charge in [0.2, 0.25) is 0 Å². The molecule has 0 N–H and O–H groups in total. The van der Waals surface area contributed by atoms with E-state index >= 15 is 0 Å². The zero-order chi connectivity index (χ0) is 16.8. The van der Waals surface area contributed by atoms with Gasteiger partial charge in [0.15, 0.2) is 5.13 Å². The van der Waals surface area contributed by atoms with Crippen LogP contribution in [0.25, 0.3) is 10.2 Å². The third-order valence-corrected chi connectivity index (χ3v) is 6.49. The van der Waals surface area contributed by atoms with Gasteiger partial charge in [-0.05, 0) is 37.8 Å². The number of para-hydroxylation sites is 1. The first-order chi connectivity index (χ1) is 11.9. The maximum absolute atomic E-state index is 5.01. The first kappa shape index (κ1) is 17.7. The van der Waals surface area contributed by atoms with Gasteiger partial charge in [0.05, 0.1) is 10.2 Å². The van der Waals surface area contributed by atoms with Crippen LogP contribution < -0.4 is 4.90 Å². The number of thiazole rings is 1. The van der Waals surface area contributed by atoms with Gasteiger partial charge in [0, 0.05) is 12.1 Å². The van der Waals surface area contributed by atoms with Crippen molar-refractivity contribution >= 4 is 26.7 Å². The summed E-state index contributed by atoms with van der Waals surface area (Å²) in [5, 5.41) is 1.29. The Bertz CT molecular complexity index is 558. The molecule has 0 saturated heterocycles. The maximum Gasteiger partial charge on any atom is 0.186 e. The van der Waals surface area contributed by atoms with Crippen molar-refractivity contribution in [2.45, 2.75) is 90.1 Å². The Kier molecular flexibility index (Phi) is 6.53. The molecule has 2 fully saturated rings. The molecule has 2 aliphatic carbocycles. The summed E-state index contributed by atoms with van der Waals surface area (Å²) >= 11 is 1.91. The van der Waals surface area contributed by atoms with Crippen molar-refractivity contribution in [3.63, 3.8) is 0 Å². The molecule has 1 heterocycles. The molecular weight excluding hydrogens is 312 g/mol. The lowest BCUT2D eigenvalue weighted by Gasteiger charge is -2.41.